The number of nitrogens with zero attached hydrogens (tertiary/aromatic N) is 4. The van der Waals surface area contributed by atoms with E-state index in [4.69, 9.17) is 37.4 Å². The smallest absolute Gasteiger partial charge is 0.416 e. The van der Waals surface area contributed by atoms with E-state index in [9.17, 15) is 18.0 Å². The molecular formula is C41H38Cl3F3N4O4. The van der Waals surface area contributed by atoms with E-state index in [1.165, 1.54) is 29.5 Å². The van der Waals surface area contributed by atoms with E-state index in [0.717, 1.165) is 49.3 Å². The number of carbonyl (C=O) groups is 1. The number of benzene rings is 3. The standard InChI is InChI=1S/C41H37Cl2F3N4O4.ClH/c1-28-22-32(23-36(43)40(28)54-38-14-12-35(25-48-38)53-27-31-6-9-33(10-7-31)41(44,45)46)8-15-39(51)50-19-17-49(18-20-50)26-30-4-2-29(3-5-30)16-21-52-37-13-11-34(42)24-47-37;/h2-15,22-25H,16-21,26-27H2,1H3;1H/b15-8+;. The molecule has 288 valence electrons. The van der Waals surface area contributed by atoms with Gasteiger partial charge in [-0.1, -0.05) is 59.6 Å². The van der Waals surface area contributed by atoms with Gasteiger partial charge in [-0.15, -0.1) is 12.4 Å². The Bertz CT molecular complexity index is 2020. The van der Waals surface area contributed by atoms with Crippen molar-refractivity contribution >= 4 is 47.6 Å². The second-order valence-corrected chi connectivity index (χ2v) is 13.6. The maximum Gasteiger partial charge on any atom is 0.416 e. The van der Waals surface area contributed by atoms with Gasteiger partial charge in [0.15, 0.2) is 5.75 Å². The molecule has 1 aliphatic heterocycles. The molecule has 1 fully saturated rings. The number of amides is 1. The summed E-state index contributed by atoms with van der Waals surface area (Å²) in [6, 6.07) is 23.7. The lowest BCUT2D eigenvalue weighted by molar-refractivity contribution is -0.137. The highest BCUT2D eigenvalue weighted by molar-refractivity contribution is 6.32. The molecular weight excluding hydrogens is 776 g/mol. The Kier molecular flexibility index (Phi) is 14.4. The van der Waals surface area contributed by atoms with Gasteiger partial charge in [0.2, 0.25) is 17.7 Å². The van der Waals surface area contributed by atoms with Crippen LogP contribution >= 0.6 is 35.6 Å². The van der Waals surface area contributed by atoms with Crippen LogP contribution in [0.4, 0.5) is 13.2 Å². The number of carbonyl (C=O) groups excluding carboxylic acids is 1. The van der Waals surface area contributed by atoms with Gasteiger partial charge in [-0.3, -0.25) is 9.69 Å². The highest BCUT2D eigenvalue weighted by Crippen LogP contribution is 2.34. The lowest BCUT2D eigenvalue weighted by Crippen LogP contribution is -2.47. The highest BCUT2D eigenvalue weighted by atomic mass is 35.5. The van der Waals surface area contributed by atoms with Crippen molar-refractivity contribution in [1.82, 2.24) is 19.8 Å². The molecule has 0 atom stereocenters. The number of alkyl halides is 3. The third-order valence-corrected chi connectivity index (χ3v) is 9.23. The number of rotatable bonds is 13. The predicted molar refractivity (Wildman–Crippen MR) is 209 cm³/mol. The minimum atomic E-state index is -4.39. The summed E-state index contributed by atoms with van der Waals surface area (Å²) in [5.74, 6) is 1.63. The van der Waals surface area contributed by atoms with Crippen LogP contribution in [-0.2, 0) is 30.5 Å². The van der Waals surface area contributed by atoms with E-state index in [2.05, 4.69) is 39.1 Å². The minimum Gasteiger partial charge on any atom is -0.487 e. The van der Waals surface area contributed by atoms with Crippen molar-refractivity contribution < 1.29 is 32.2 Å². The fourth-order valence-corrected chi connectivity index (χ4v) is 6.17. The molecule has 0 radical (unpaired) electrons. The number of piperazine rings is 1. The molecule has 0 saturated carbocycles. The van der Waals surface area contributed by atoms with Crippen molar-refractivity contribution in [1.29, 1.82) is 0 Å². The monoisotopic (exact) mass is 812 g/mol. The summed E-state index contributed by atoms with van der Waals surface area (Å²) < 4.78 is 55.7. The van der Waals surface area contributed by atoms with Crippen molar-refractivity contribution in [3.8, 4) is 23.3 Å². The van der Waals surface area contributed by atoms with E-state index >= 15 is 0 Å². The maximum atomic E-state index is 13.0. The summed E-state index contributed by atoms with van der Waals surface area (Å²) in [6.07, 6.45) is 2.73. The molecule has 1 amide bonds. The first-order chi connectivity index (χ1) is 26.0. The molecule has 55 heavy (non-hydrogen) atoms. The van der Waals surface area contributed by atoms with Crippen molar-refractivity contribution in [3.63, 3.8) is 0 Å². The average molecular weight is 814 g/mol. The molecule has 3 heterocycles. The average Bonchev–Trinajstić information content (AvgIpc) is 3.16. The van der Waals surface area contributed by atoms with E-state index < -0.39 is 11.7 Å². The van der Waals surface area contributed by atoms with Crippen molar-refractivity contribution in [2.24, 2.45) is 0 Å². The Morgan fingerprint density at radius 2 is 1.49 bits per heavy atom. The normalized spacial score (nSPS) is 13.4. The first kappa shape index (κ1) is 41.4. The molecule has 6 rings (SSSR count). The van der Waals surface area contributed by atoms with Gasteiger partial charge in [0, 0.05) is 63.6 Å². The number of halogens is 6. The van der Waals surface area contributed by atoms with Crippen molar-refractivity contribution in [3.05, 3.63) is 147 Å². The van der Waals surface area contributed by atoms with Crippen LogP contribution in [0.2, 0.25) is 10.0 Å². The van der Waals surface area contributed by atoms with Gasteiger partial charge in [0.1, 0.15) is 12.4 Å². The molecule has 0 spiro atoms. The lowest BCUT2D eigenvalue weighted by Gasteiger charge is -2.34. The molecule has 0 bridgehead atoms. The number of hydrogen-bond donors (Lipinski definition) is 0. The van der Waals surface area contributed by atoms with E-state index in [1.807, 2.05) is 17.9 Å². The Labute approximate surface area is 333 Å². The van der Waals surface area contributed by atoms with E-state index in [1.54, 1.807) is 48.7 Å². The second-order valence-electron chi connectivity index (χ2n) is 12.7. The molecule has 1 saturated heterocycles. The van der Waals surface area contributed by atoms with Crippen LogP contribution in [0.3, 0.4) is 0 Å². The summed E-state index contributed by atoms with van der Waals surface area (Å²) in [5.41, 5.74) is 3.79. The van der Waals surface area contributed by atoms with Crippen LogP contribution in [0.5, 0.6) is 23.3 Å². The zero-order chi connectivity index (χ0) is 38.1. The molecule has 0 unspecified atom stereocenters. The van der Waals surface area contributed by atoms with Gasteiger partial charge in [0.25, 0.3) is 0 Å². The SMILES string of the molecule is Cc1cc(/C=C/C(=O)N2CCN(Cc3ccc(CCOc4ccc(Cl)cn4)cc3)CC2)cc(Cl)c1Oc1ccc(OCc2ccc(C(F)(F)F)cc2)cn1.Cl. The molecule has 5 aromatic rings. The third kappa shape index (κ3) is 12.1. The molecule has 8 nitrogen and oxygen atoms in total. The zero-order valence-electron chi connectivity index (χ0n) is 29.8. The fourth-order valence-electron chi connectivity index (χ4n) is 5.75. The molecule has 1 aliphatic rings. The first-order valence-corrected chi connectivity index (χ1v) is 18.0. The molecule has 0 N–H and O–H groups in total. The Morgan fingerprint density at radius 3 is 2.13 bits per heavy atom. The number of aromatic nitrogens is 2. The Morgan fingerprint density at radius 1 is 0.818 bits per heavy atom. The Hall–Kier alpha value is -4.81. The van der Waals surface area contributed by atoms with Gasteiger partial charge in [0.05, 0.1) is 28.4 Å². The molecule has 2 aromatic heterocycles. The quantitative estimate of drug-likeness (QED) is 0.110. The van der Waals surface area contributed by atoms with Crippen LogP contribution in [0, 0.1) is 6.92 Å². The van der Waals surface area contributed by atoms with Crippen molar-refractivity contribution in [2.75, 3.05) is 32.8 Å². The zero-order valence-corrected chi connectivity index (χ0v) is 32.1. The van der Waals surface area contributed by atoms with Crippen LogP contribution in [0.15, 0.2) is 103 Å². The van der Waals surface area contributed by atoms with Gasteiger partial charge in [-0.25, -0.2) is 9.97 Å². The van der Waals surface area contributed by atoms with Crippen LogP contribution in [-0.4, -0.2) is 58.5 Å². The second kappa shape index (κ2) is 19.2. The van der Waals surface area contributed by atoms with Crippen LogP contribution in [0.25, 0.3) is 6.08 Å². The number of ether oxygens (including phenoxy) is 3. The largest absolute Gasteiger partial charge is 0.487 e. The number of hydrogen-bond acceptors (Lipinski definition) is 7. The summed E-state index contributed by atoms with van der Waals surface area (Å²) in [4.78, 5) is 25.6. The summed E-state index contributed by atoms with van der Waals surface area (Å²) in [5, 5.41) is 0.933. The highest BCUT2D eigenvalue weighted by Gasteiger charge is 2.30. The van der Waals surface area contributed by atoms with Gasteiger partial charge >= 0.3 is 6.18 Å². The van der Waals surface area contributed by atoms with Crippen LogP contribution in [0.1, 0.15) is 33.4 Å². The topological polar surface area (TPSA) is 77.0 Å². The molecule has 0 aliphatic carbocycles. The molecule has 3 aromatic carbocycles. The molecule has 14 heteroatoms. The maximum absolute atomic E-state index is 13.0. The van der Waals surface area contributed by atoms with Crippen molar-refractivity contribution in [2.45, 2.75) is 32.7 Å². The van der Waals surface area contributed by atoms with Gasteiger partial charge < -0.3 is 19.1 Å². The lowest BCUT2D eigenvalue weighted by atomic mass is 10.1. The van der Waals surface area contributed by atoms with Crippen LogP contribution < -0.4 is 14.2 Å². The number of aryl methyl sites for hydroxylation is 1. The Balaban J connectivity index is 0.00000580. The summed E-state index contributed by atoms with van der Waals surface area (Å²) >= 11 is 12.5. The number of pyridine rings is 2. The predicted octanol–water partition coefficient (Wildman–Crippen LogP) is 9.88. The summed E-state index contributed by atoms with van der Waals surface area (Å²) in [7, 11) is 0. The fraction of sp³-hybridized carbons (Fsp3) is 0.244. The van der Waals surface area contributed by atoms with Gasteiger partial charge in [-0.05, 0) is 77.2 Å². The van der Waals surface area contributed by atoms with E-state index in [0.29, 0.717) is 52.7 Å². The first-order valence-electron chi connectivity index (χ1n) is 17.2. The van der Waals surface area contributed by atoms with Gasteiger partial charge in [-0.2, -0.15) is 13.2 Å². The minimum absolute atomic E-state index is 0. The van der Waals surface area contributed by atoms with E-state index in [-0.39, 0.29) is 30.8 Å². The third-order valence-electron chi connectivity index (χ3n) is 8.73. The summed E-state index contributed by atoms with van der Waals surface area (Å²) in [6.45, 7) is 6.10.